The second-order valence-electron chi connectivity index (χ2n) is 6.41. The van der Waals surface area contributed by atoms with Crippen LogP contribution in [0.2, 0.25) is 0 Å². The van der Waals surface area contributed by atoms with Gasteiger partial charge in [-0.2, -0.15) is 0 Å². The van der Waals surface area contributed by atoms with Gasteiger partial charge in [0.05, 0.1) is 11.4 Å². The Morgan fingerprint density at radius 3 is 2.71 bits per heavy atom. The van der Waals surface area contributed by atoms with Gasteiger partial charge >= 0.3 is 0 Å². The molecule has 0 amide bonds. The minimum atomic E-state index is -0.432. The van der Waals surface area contributed by atoms with Gasteiger partial charge in [0.25, 0.3) is 5.56 Å². The van der Waals surface area contributed by atoms with Crippen LogP contribution in [-0.4, -0.2) is 20.4 Å². The number of aromatic nitrogens is 2. The molecule has 2 N–H and O–H groups in total. The summed E-state index contributed by atoms with van der Waals surface area (Å²) in [7, 11) is 1.61. The SMILES string of the molecule is Cn1c(O)c(C2=Nc3ccccc3SC(c3ccc(Br)cc3)C2)c(=O)[nH]c1=S. The molecule has 1 aromatic heterocycles. The number of nitrogens with one attached hydrogen (secondary N) is 1. The highest BCUT2D eigenvalue weighted by Crippen LogP contribution is 2.45. The highest BCUT2D eigenvalue weighted by Gasteiger charge is 2.26. The number of halogens is 1. The van der Waals surface area contributed by atoms with E-state index in [4.69, 9.17) is 17.2 Å². The molecule has 0 spiro atoms. The van der Waals surface area contributed by atoms with Gasteiger partial charge in [-0.3, -0.25) is 19.3 Å². The molecule has 4 rings (SSSR count). The molecule has 1 aliphatic heterocycles. The molecule has 0 bridgehead atoms. The van der Waals surface area contributed by atoms with Crippen LogP contribution in [0.3, 0.4) is 0 Å². The number of rotatable bonds is 2. The molecule has 2 aromatic carbocycles. The van der Waals surface area contributed by atoms with Crippen LogP contribution in [0.5, 0.6) is 5.88 Å². The number of hydrogen-bond donors (Lipinski definition) is 2. The summed E-state index contributed by atoms with van der Waals surface area (Å²) in [5.41, 5.74) is 2.17. The Kier molecular flexibility index (Phi) is 5.27. The van der Waals surface area contributed by atoms with Gasteiger partial charge in [0.15, 0.2) is 4.77 Å². The van der Waals surface area contributed by atoms with Gasteiger partial charge in [0, 0.05) is 28.1 Å². The third-order valence-corrected chi connectivity index (χ3v) is 6.82. The molecule has 1 atom stereocenters. The van der Waals surface area contributed by atoms with Crippen LogP contribution < -0.4 is 5.56 Å². The van der Waals surface area contributed by atoms with Crippen LogP contribution in [0.25, 0.3) is 0 Å². The maximum absolute atomic E-state index is 12.6. The minimum absolute atomic E-state index is 0.0442. The first kappa shape index (κ1) is 19.2. The summed E-state index contributed by atoms with van der Waals surface area (Å²) in [4.78, 5) is 21.0. The van der Waals surface area contributed by atoms with E-state index in [-0.39, 0.29) is 21.5 Å². The molecule has 2 heterocycles. The fourth-order valence-corrected chi connectivity index (χ4v) is 4.78. The molecule has 28 heavy (non-hydrogen) atoms. The quantitative estimate of drug-likeness (QED) is 0.497. The van der Waals surface area contributed by atoms with E-state index in [0.29, 0.717) is 12.1 Å². The summed E-state index contributed by atoms with van der Waals surface area (Å²) >= 11 is 10.3. The second-order valence-corrected chi connectivity index (χ2v) is 8.95. The highest BCUT2D eigenvalue weighted by molar-refractivity contribution is 9.10. The number of para-hydroxylation sites is 1. The van der Waals surface area contributed by atoms with E-state index in [0.717, 1.165) is 20.6 Å². The zero-order chi connectivity index (χ0) is 19.8. The van der Waals surface area contributed by atoms with E-state index in [9.17, 15) is 9.90 Å². The summed E-state index contributed by atoms with van der Waals surface area (Å²) in [5, 5.41) is 10.7. The van der Waals surface area contributed by atoms with Gasteiger partial charge < -0.3 is 5.11 Å². The molecule has 0 fully saturated rings. The van der Waals surface area contributed by atoms with Crippen LogP contribution in [-0.2, 0) is 7.05 Å². The molecule has 0 saturated heterocycles. The molecule has 142 valence electrons. The third kappa shape index (κ3) is 3.59. The Morgan fingerprint density at radius 1 is 1.25 bits per heavy atom. The monoisotopic (exact) mass is 473 g/mol. The maximum Gasteiger partial charge on any atom is 0.264 e. The lowest BCUT2D eigenvalue weighted by Crippen LogP contribution is -2.23. The summed E-state index contributed by atoms with van der Waals surface area (Å²) in [6.45, 7) is 0. The standard InChI is InChI=1S/C20H16BrN3O2S2/c1-24-19(26)17(18(25)23-20(24)27)14-10-16(11-6-8-12(21)9-7-11)28-15-5-3-2-4-13(15)22-14/h2-9,16,26H,10H2,1H3,(H,23,25,27). The van der Waals surface area contributed by atoms with E-state index < -0.39 is 5.56 Å². The lowest BCUT2D eigenvalue weighted by atomic mass is 10.0. The Hall–Kier alpha value is -2.16. The fraction of sp³-hybridized carbons (Fsp3) is 0.150. The lowest BCUT2D eigenvalue weighted by molar-refractivity contribution is 0.419. The summed E-state index contributed by atoms with van der Waals surface area (Å²) < 4.78 is 2.55. The van der Waals surface area contributed by atoms with Crippen LogP contribution in [0.15, 0.2) is 67.7 Å². The van der Waals surface area contributed by atoms with Crippen molar-refractivity contribution in [3.63, 3.8) is 0 Å². The normalized spacial score (nSPS) is 16.2. The van der Waals surface area contributed by atoms with Crippen molar-refractivity contribution in [2.45, 2.75) is 16.6 Å². The number of hydrogen-bond acceptors (Lipinski definition) is 5. The zero-order valence-electron chi connectivity index (χ0n) is 14.8. The highest BCUT2D eigenvalue weighted by atomic mass is 79.9. The van der Waals surface area contributed by atoms with Crippen molar-refractivity contribution >= 4 is 51.3 Å². The predicted molar refractivity (Wildman–Crippen MR) is 119 cm³/mol. The molecule has 0 radical (unpaired) electrons. The van der Waals surface area contributed by atoms with Gasteiger partial charge in [0.1, 0.15) is 5.56 Å². The smallest absolute Gasteiger partial charge is 0.264 e. The first-order valence-electron chi connectivity index (χ1n) is 8.55. The van der Waals surface area contributed by atoms with E-state index in [1.807, 2.05) is 36.4 Å². The van der Waals surface area contributed by atoms with Crippen LogP contribution >= 0.6 is 39.9 Å². The Labute approximate surface area is 179 Å². The average molecular weight is 474 g/mol. The van der Waals surface area contributed by atoms with Crippen molar-refractivity contribution in [3.05, 3.63) is 79.3 Å². The van der Waals surface area contributed by atoms with E-state index in [1.54, 1.807) is 18.8 Å². The first-order chi connectivity index (χ1) is 13.4. The average Bonchev–Trinajstić information content (AvgIpc) is 2.86. The number of aliphatic imine (C=N–C) groups is 1. The van der Waals surface area contributed by atoms with E-state index in [1.165, 1.54) is 4.57 Å². The predicted octanol–water partition coefficient (Wildman–Crippen LogP) is 5.27. The summed E-state index contributed by atoms with van der Waals surface area (Å²) in [6.07, 6.45) is 0.494. The summed E-state index contributed by atoms with van der Waals surface area (Å²) in [6, 6.07) is 15.9. The van der Waals surface area contributed by atoms with E-state index in [2.05, 4.69) is 33.0 Å². The number of H-pyrrole nitrogens is 1. The van der Waals surface area contributed by atoms with Gasteiger partial charge in [-0.15, -0.1) is 11.8 Å². The van der Waals surface area contributed by atoms with E-state index >= 15 is 0 Å². The number of aromatic hydroxyl groups is 1. The van der Waals surface area contributed by atoms with Crippen LogP contribution in [0.4, 0.5) is 5.69 Å². The third-order valence-electron chi connectivity index (χ3n) is 4.59. The Balaban J connectivity index is 1.90. The Bertz CT molecular complexity index is 1200. The van der Waals surface area contributed by atoms with Gasteiger partial charge in [0.2, 0.25) is 5.88 Å². The molecule has 5 nitrogen and oxygen atoms in total. The summed E-state index contributed by atoms with van der Waals surface area (Å²) in [5.74, 6) is -0.175. The molecule has 0 aliphatic carbocycles. The van der Waals surface area contributed by atoms with Gasteiger partial charge in [-0.25, -0.2) is 0 Å². The molecule has 0 saturated carbocycles. The van der Waals surface area contributed by atoms with Crippen molar-refractivity contribution < 1.29 is 5.11 Å². The maximum atomic E-state index is 12.6. The number of aromatic amines is 1. The number of thioether (sulfide) groups is 1. The Morgan fingerprint density at radius 2 is 1.96 bits per heavy atom. The van der Waals surface area contributed by atoms with Crippen molar-refractivity contribution in [1.29, 1.82) is 0 Å². The lowest BCUT2D eigenvalue weighted by Gasteiger charge is -2.17. The molecule has 3 aromatic rings. The molecular weight excluding hydrogens is 458 g/mol. The zero-order valence-corrected chi connectivity index (χ0v) is 18.1. The molecule has 1 unspecified atom stereocenters. The number of benzene rings is 2. The topological polar surface area (TPSA) is 70.4 Å². The largest absolute Gasteiger partial charge is 0.494 e. The first-order valence-corrected chi connectivity index (χ1v) is 10.6. The number of fused-ring (bicyclic) bond motifs is 1. The molecule has 8 heteroatoms. The molecular formula is C20H16BrN3O2S2. The van der Waals surface area contributed by atoms with Crippen molar-refractivity contribution in [2.24, 2.45) is 12.0 Å². The second kappa shape index (κ2) is 7.69. The minimum Gasteiger partial charge on any atom is -0.494 e. The van der Waals surface area contributed by atoms with Gasteiger partial charge in [-0.1, -0.05) is 40.2 Å². The number of nitrogens with zero attached hydrogens (tertiary/aromatic N) is 2. The van der Waals surface area contributed by atoms with Gasteiger partial charge in [-0.05, 0) is 42.0 Å². The van der Waals surface area contributed by atoms with Crippen LogP contribution in [0.1, 0.15) is 22.8 Å². The van der Waals surface area contributed by atoms with Crippen molar-refractivity contribution in [3.8, 4) is 5.88 Å². The van der Waals surface area contributed by atoms with Crippen molar-refractivity contribution in [2.75, 3.05) is 0 Å². The fourth-order valence-electron chi connectivity index (χ4n) is 3.10. The van der Waals surface area contributed by atoms with Crippen LogP contribution in [0, 0.1) is 4.77 Å². The molecule has 1 aliphatic rings. The van der Waals surface area contributed by atoms with Crippen molar-refractivity contribution in [1.82, 2.24) is 9.55 Å².